The minimum Gasteiger partial charge on any atom is -0.347 e. The summed E-state index contributed by atoms with van der Waals surface area (Å²) in [5.74, 6) is -0.468. The highest BCUT2D eigenvalue weighted by atomic mass is 35.5. The molecule has 40 heavy (non-hydrogen) atoms. The fourth-order valence-electron chi connectivity index (χ4n) is 4.44. The maximum absolute atomic E-state index is 13.2. The van der Waals surface area contributed by atoms with Gasteiger partial charge in [0.15, 0.2) is 11.2 Å². The zero-order chi connectivity index (χ0) is 27.6. The predicted octanol–water partition coefficient (Wildman–Crippen LogP) is 5.66. The molecule has 0 aliphatic carbocycles. The predicted molar refractivity (Wildman–Crippen MR) is 154 cm³/mol. The first-order valence-corrected chi connectivity index (χ1v) is 12.7. The fraction of sp³-hybridized carbons (Fsp3) is 0.0323. The zero-order valence-corrected chi connectivity index (χ0v) is 21.6. The van der Waals surface area contributed by atoms with Crippen LogP contribution in [-0.2, 0) is 6.54 Å². The van der Waals surface area contributed by atoms with Crippen molar-refractivity contribution in [2.45, 2.75) is 6.54 Å². The molecule has 192 valence electrons. The Kier molecular flexibility index (Phi) is 6.48. The number of amides is 1. The zero-order valence-electron chi connectivity index (χ0n) is 20.9. The number of nitriles is 1. The molecule has 2 N–H and O–H groups in total. The molecule has 8 nitrogen and oxygen atoms in total. The Hall–Kier alpha value is -5.39. The maximum Gasteiger partial charge on any atom is 0.268 e. The van der Waals surface area contributed by atoms with Crippen LogP contribution in [0.4, 0.5) is 0 Å². The van der Waals surface area contributed by atoms with E-state index in [1.54, 1.807) is 36.5 Å². The van der Waals surface area contributed by atoms with Crippen molar-refractivity contribution >= 4 is 39.6 Å². The number of carbonyl (C=O) groups is 1. The van der Waals surface area contributed by atoms with E-state index in [0.717, 1.165) is 16.5 Å². The van der Waals surface area contributed by atoms with Gasteiger partial charge in [0.05, 0.1) is 33.6 Å². The standard InChI is InChI=1S/C31H19ClN6O2/c32-23-14-22(13-21-7-4-12-34-26(21)23)28-27(20-5-2-1-3-6-20)38-30-29(37-28)25(39)15-24(36-30)31(40)35-17-19-10-8-18(16-33)9-11-19/h1-15H,17H2,(H,35,40)(H,36,38,39). The fourth-order valence-corrected chi connectivity index (χ4v) is 4.71. The monoisotopic (exact) mass is 542 g/mol. The lowest BCUT2D eigenvalue weighted by Crippen LogP contribution is -2.25. The van der Waals surface area contributed by atoms with Gasteiger partial charge in [-0.1, -0.05) is 60.1 Å². The van der Waals surface area contributed by atoms with Gasteiger partial charge in [-0.3, -0.25) is 14.6 Å². The number of nitrogens with one attached hydrogen (secondary N) is 2. The number of carbonyl (C=O) groups excluding carboxylic acids is 1. The minimum absolute atomic E-state index is 0.0621. The lowest BCUT2D eigenvalue weighted by atomic mass is 10.0. The first-order valence-electron chi connectivity index (χ1n) is 12.3. The smallest absolute Gasteiger partial charge is 0.268 e. The van der Waals surface area contributed by atoms with Gasteiger partial charge in [0.1, 0.15) is 5.69 Å². The highest BCUT2D eigenvalue weighted by molar-refractivity contribution is 6.35. The Balaban J connectivity index is 1.44. The van der Waals surface area contributed by atoms with E-state index in [-0.39, 0.29) is 23.4 Å². The van der Waals surface area contributed by atoms with Crippen molar-refractivity contribution in [1.82, 2.24) is 25.3 Å². The van der Waals surface area contributed by atoms with Crippen LogP contribution in [0.5, 0.6) is 0 Å². The topological polar surface area (TPSA) is 124 Å². The molecule has 3 aromatic heterocycles. The summed E-state index contributed by atoms with van der Waals surface area (Å²) in [6.45, 7) is 0.224. The summed E-state index contributed by atoms with van der Waals surface area (Å²) in [7, 11) is 0. The van der Waals surface area contributed by atoms with Crippen molar-refractivity contribution in [3.63, 3.8) is 0 Å². The molecule has 0 radical (unpaired) electrons. The number of nitrogens with zero attached hydrogens (tertiary/aromatic N) is 4. The largest absolute Gasteiger partial charge is 0.347 e. The molecule has 0 saturated heterocycles. The van der Waals surface area contributed by atoms with Gasteiger partial charge in [0, 0.05) is 35.3 Å². The van der Waals surface area contributed by atoms with E-state index >= 15 is 0 Å². The quantitative estimate of drug-likeness (QED) is 0.290. The van der Waals surface area contributed by atoms with E-state index in [1.165, 1.54) is 6.07 Å². The summed E-state index contributed by atoms with van der Waals surface area (Å²) < 4.78 is 0. The number of hydrogen-bond acceptors (Lipinski definition) is 6. The van der Waals surface area contributed by atoms with Crippen molar-refractivity contribution in [3.05, 3.63) is 123 Å². The molecule has 1 amide bonds. The molecule has 0 atom stereocenters. The molecule has 0 aliphatic heterocycles. The van der Waals surface area contributed by atoms with E-state index in [0.29, 0.717) is 33.1 Å². The molecule has 6 aromatic rings. The van der Waals surface area contributed by atoms with Crippen molar-refractivity contribution < 1.29 is 4.79 Å². The maximum atomic E-state index is 13.2. The molecule has 0 saturated carbocycles. The molecule has 9 heteroatoms. The van der Waals surface area contributed by atoms with E-state index in [9.17, 15) is 9.59 Å². The van der Waals surface area contributed by atoms with Gasteiger partial charge in [-0.15, -0.1) is 0 Å². The van der Waals surface area contributed by atoms with Crippen LogP contribution >= 0.6 is 11.6 Å². The molecule has 6 rings (SSSR count). The SMILES string of the molecule is N#Cc1ccc(CNC(=O)c2cc(=O)c3nc(-c4cc(Cl)c5ncccc5c4)c(-c4ccccc4)nc3[nH]2)cc1. The Morgan fingerprint density at radius 2 is 1.68 bits per heavy atom. The molecule has 0 unspecified atom stereocenters. The summed E-state index contributed by atoms with van der Waals surface area (Å²) >= 11 is 6.57. The summed E-state index contributed by atoms with van der Waals surface area (Å²) in [5.41, 5.74) is 4.39. The van der Waals surface area contributed by atoms with Crippen molar-refractivity contribution in [1.29, 1.82) is 5.26 Å². The van der Waals surface area contributed by atoms with Gasteiger partial charge in [0.2, 0.25) is 5.43 Å². The first kappa shape index (κ1) is 24.9. The summed E-state index contributed by atoms with van der Waals surface area (Å²) in [5, 5.41) is 13.0. The number of H-pyrrole nitrogens is 1. The number of aromatic amines is 1. The Labute approximate surface area is 233 Å². The number of halogens is 1. The molecule has 0 aliphatic rings. The van der Waals surface area contributed by atoms with Crippen LogP contribution in [0.25, 0.3) is 44.6 Å². The number of rotatable bonds is 5. The Morgan fingerprint density at radius 3 is 2.45 bits per heavy atom. The van der Waals surface area contributed by atoms with Crippen LogP contribution in [0.1, 0.15) is 21.6 Å². The van der Waals surface area contributed by atoms with E-state index in [1.807, 2.05) is 48.5 Å². The Bertz CT molecular complexity index is 2020. The van der Waals surface area contributed by atoms with Crippen molar-refractivity contribution in [3.8, 4) is 28.6 Å². The second-order valence-electron chi connectivity index (χ2n) is 9.06. The molecule has 0 bridgehead atoms. The van der Waals surface area contributed by atoms with Crippen molar-refractivity contribution in [2.75, 3.05) is 0 Å². The average molecular weight is 543 g/mol. The van der Waals surface area contributed by atoms with Crippen LogP contribution in [0.15, 0.2) is 95.9 Å². The summed E-state index contributed by atoms with van der Waals surface area (Å²) in [4.78, 5) is 43.0. The number of aromatic nitrogens is 4. The molecule has 3 heterocycles. The highest BCUT2D eigenvalue weighted by Gasteiger charge is 2.18. The third-order valence-corrected chi connectivity index (χ3v) is 6.71. The third kappa shape index (κ3) is 4.77. The summed E-state index contributed by atoms with van der Waals surface area (Å²) in [6.07, 6.45) is 1.68. The van der Waals surface area contributed by atoms with Gasteiger partial charge in [0.25, 0.3) is 5.91 Å². The van der Waals surface area contributed by atoms with Gasteiger partial charge < -0.3 is 10.3 Å². The third-order valence-electron chi connectivity index (χ3n) is 6.42. The lowest BCUT2D eigenvalue weighted by Gasteiger charge is -2.12. The second-order valence-corrected chi connectivity index (χ2v) is 9.46. The summed E-state index contributed by atoms with van der Waals surface area (Å²) in [6, 6.07) is 27.0. The van der Waals surface area contributed by atoms with Crippen LogP contribution in [0.3, 0.4) is 0 Å². The van der Waals surface area contributed by atoms with Crippen LogP contribution in [0, 0.1) is 11.3 Å². The molecule has 0 fully saturated rings. The van der Waals surface area contributed by atoms with Crippen molar-refractivity contribution in [2.24, 2.45) is 0 Å². The molecule has 0 spiro atoms. The highest BCUT2D eigenvalue weighted by Crippen LogP contribution is 2.34. The average Bonchev–Trinajstić information content (AvgIpc) is 3.00. The molecular weight excluding hydrogens is 524 g/mol. The van der Waals surface area contributed by atoms with Gasteiger partial charge >= 0.3 is 0 Å². The van der Waals surface area contributed by atoms with Gasteiger partial charge in [-0.2, -0.15) is 5.26 Å². The van der Waals surface area contributed by atoms with E-state index in [2.05, 4.69) is 21.4 Å². The number of benzene rings is 3. The lowest BCUT2D eigenvalue weighted by molar-refractivity contribution is 0.0946. The van der Waals surface area contributed by atoms with Gasteiger partial charge in [-0.05, 0) is 35.9 Å². The Morgan fingerprint density at radius 1 is 0.900 bits per heavy atom. The van der Waals surface area contributed by atoms with E-state index in [4.69, 9.17) is 26.8 Å². The number of hydrogen-bond donors (Lipinski definition) is 2. The normalized spacial score (nSPS) is 10.9. The van der Waals surface area contributed by atoms with Crippen LogP contribution in [-0.4, -0.2) is 25.8 Å². The van der Waals surface area contributed by atoms with Crippen LogP contribution in [0.2, 0.25) is 5.02 Å². The first-order chi connectivity index (χ1) is 19.5. The minimum atomic E-state index is -0.468. The van der Waals surface area contributed by atoms with Crippen LogP contribution < -0.4 is 10.7 Å². The number of fused-ring (bicyclic) bond motifs is 2. The van der Waals surface area contributed by atoms with E-state index < -0.39 is 11.3 Å². The molecule has 3 aromatic carbocycles. The molecular formula is C31H19ClN6O2. The second kappa shape index (κ2) is 10.4. The van der Waals surface area contributed by atoms with Gasteiger partial charge in [-0.25, -0.2) is 9.97 Å². The number of pyridine rings is 2.